The van der Waals surface area contributed by atoms with E-state index in [1.54, 1.807) is 0 Å². The van der Waals surface area contributed by atoms with E-state index in [4.69, 9.17) is 0 Å². The summed E-state index contributed by atoms with van der Waals surface area (Å²) >= 11 is 0. The molecule has 8 heteroatoms. The summed E-state index contributed by atoms with van der Waals surface area (Å²) in [7, 11) is 0. The topological polar surface area (TPSA) is 82.3 Å². The van der Waals surface area contributed by atoms with Crippen LogP contribution in [0.5, 0.6) is 0 Å². The van der Waals surface area contributed by atoms with Gasteiger partial charge >= 0.3 is 0 Å². The molecule has 1 amide bonds. The summed E-state index contributed by atoms with van der Waals surface area (Å²) < 4.78 is 26.6. The van der Waals surface area contributed by atoms with Crippen molar-refractivity contribution in [1.82, 2.24) is 10.3 Å². The molecule has 2 aromatic rings. The predicted octanol–water partition coefficient (Wildman–Crippen LogP) is 3.06. The van der Waals surface area contributed by atoms with E-state index in [2.05, 4.69) is 10.3 Å². The van der Waals surface area contributed by atoms with E-state index >= 15 is 0 Å². The number of anilines is 1. The number of pyridine rings is 1. The molecule has 2 aliphatic rings. The first-order chi connectivity index (χ1) is 14.6. The molecule has 1 saturated heterocycles. The molecule has 0 bridgehead atoms. The number of hydrogen-bond acceptors (Lipinski definition) is 4. The number of hydrogen-bond donors (Lipinski definition) is 2. The molecule has 1 fully saturated rings. The highest BCUT2D eigenvalue weighted by atomic mass is 19.2. The average molecular weight is 429 g/mol. The standard InChI is InChI=1S/C23H25F2N3O3/c1-23(2)9-19-15(20(29)10-23)8-16(22(31)27-19)21(30)26-11-13-5-6-28(12-13)14-3-4-17(24)18(25)7-14/h3-4,7-8,13H,5-6,9-12H2,1-2H3,(H,26,30)(H,27,31). The predicted molar refractivity (Wildman–Crippen MR) is 113 cm³/mol. The lowest BCUT2D eigenvalue weighted by Gasteiger charge is -2.29. The van der Waals surface area contributed by atoms with E-state index in [0.29, 0.717) is 49.4 Å². The minimum absolute atomic E-state index is 0.0673. The largest absolute Gasteiger partial charge is 0.371 e. The summed E-state index contributed by atoms with van der Waals surface area (Å²) in [4.78, 5) is 42.2. The number of H-pyrrole nitrogens is 1. The highest BCUT2D eigenvalue weighted by Crippen LogP contribution is 2.33. The van der Waals surface area contributed by atoms with Crippen molar-refractivity contribution in [3.63, 3.8) is 0 Å². The number of fused-ring (bicyclic) bond motifs is 1. The molecule has 164 valence electrons. The van der Waals surface area contributed by atoms with Crippen molar-refractivity contribution < 1.29 is 18.4 Å². The molecule has 1 aliphatic heterocycles. The molecule has 0 radical (unpaired) electrons. The molecule has 0 spiro atoms. The fraction of sp³-hybridized carbons (Fsp3) is 0.435. The number of Topliss-reactive ketones (excluding diaryl/α,β-unsaturated/α-hetero) is 1. The number of ketones is 1. The van der Waals surface area contributed by atoms with Crippen LogP contribution in [0.2, 0.25) is 0 Å². The normalized spacial score (nSPS) is 19.9. The van der Waals surface area contributed by atoms with Crippen molar-refractivity contribution in [3.8, 4) is 0 Å². The summed E-state index contributed by atoms with van der Waals surface area (Å²) in [5, 5.41) is 2.78. The molecule has 1 aromatic carbocycles. The van der Waals surface area contributed by atoms with E-state index in [-0.39, 0.29) is 22.7 Å². The lowest BCUT2D eigenvalue weighted by Crippen LogP contribution is -2.36. The van der Waals surface area contributed by atoms with Crippen LogP contribution in [0.1, 0.15) is 53.1 Å². The molecular weight excluding hydrogens is 404 g/mol. The third kappa shape index (κ3) is 4.38. The van der Waals surface area contributed by atoms with Crippen molar-refractivity contribution in [2.75, 3.05) is 24.5 Å². The number of aromatic nitrogens is 1. The number of nitrogens with one attached hydrogen (secondary N) is 2. The third-order valence-corrected chi connectivity index (χ3v) is 6.07. The highest BCUT2D eigenvalue weighted by Gasteiger charge is 2.33. The quantitative estimate of drug-likeness (QED) is 0.783. The van der Waals surface area contributed by atoms with Crippen LogP contribution in [0, 0.1) is 23.0 Å². The van der Waals surface area contributed by atoms with Crippen molar-refractivity contribution in [1.29, 1.82) is 0 Å². The maximum Gasteiger partial charge on any atom is 0.261 e. The first-order valence-electron chi connectivity index (χ1n) is 10.4. The highest BCUT2D eigenvalue weighted by molar-refractivity contribution is 6.02. The van der Waals surface area contributed by atoms with Gasteiger partial charge in [-0.1, -0.05) is 13.8 Å². The van der Waals surface area contributed by atoms with Gasteiger partial charge in [-0.3, -0.25) is 14.4 Å². The number of halogens is 2. The van der Waals surface area contributed by atoms with Crippen LogP contribution in [0.15, 0.2) is 29.1 Å². The smallest absolute Gasteiger partial charge is 0.261 e. The number of aromatic amines is 1. The van der Waals surface area contributed by atoms with Crippen molar-refractivity contribution in [3.05, 3.63) is 63.1 Å². The Morgan fingerprint density at radius 2 is 1.97 bits per heavy atom. The summed E-state index contributed by atoms with van der Waals surface area (Å²) in [5.74, 6) is -2.26. The Balaban J connectivity index is 1.41. The fourth-order valence-corrected chi connectivity index (χ4v) is 4.44. The second-order valence-corrected chi connectivity index (χ2v) is 9.25. The number of carbonyl (C=O) groups is 2. The zero-order chi connectivity index (χ0) is 22.3. The third-order valence-electron chi connectivity index (χ3n) is 6.07. The first kappa shape index (κ1) is 21.2. The second-order valence-electron chi connectivity index (χ2n) is 9.25. The van der Waals surface area contributed by atoms with Crippen LogP contribution >= 0.6 is 0 Å². The van der Waals surface area contributed by atoms with Gasteiger partial charge in [0.1, 0.15) is 5.56 Å². The van der Waals surface area contributed by atoms with Crippen LogP contribution in [0.3, 0.4) is 0 Å². The van der Waals surface area contributed by atoms with Gasteiger partial charge in [-0.15, -0.1) is 0 Å². The zero-order valence-electron chi connectivity index (χ0n) is 17.6. The van der Waals surface area contributed by atoms with E-state index in [1.165, 1.54) is 18.2 Å². The summed E-state index contributed by atoms with van der Waals surface area (Å²) in [6.07, 6.45) is 1.72. The molecule has 31 heavy (non-hydrogen) atoms. The summed E-state index contributed by atoms with van der Waals surface area (Å²) in [5.41, 5.74) is 0.799. The van der Waals surface area contributed by atoms with Crippen LogP contribution < -0.4 is 15.8 Å². The number of benzene rings is 1. The molecule has 1 atom stereocenters. The molecule has 6 nitrogen and oxygen atoms in total. The molecule has 1 aromatic heterocycles. The Morgan fingerprint density at radius 1 is 1.19 bits per heavy atom. The molecule has 2 heterocycles. The van der Waals surface area contributed by atoms with Gasteiger partial charge < -0.3 is 15.2 Å². The van der Waals surface area contributed by atoms with Gasteiger partial charge in [-0.25, -0.2) is 8.78 Å². The molecule has 4 rings (SSSR count). The fourth-order valence-electron chi connectivity index (χ4n) is 4.44. The maximum absolute atomic E-state index is 13.5. The van der Waals surface area contributed by atoms with Crippen molar-refractivity contribution >= 4 is 17.4 Å². The molecule has 2 N–H and O–H groups in total. The van der Waals surface area contributed by atoms with Gasteiger partial charge in [0.15, 0.2) is 17.4 Å². The molecule has 1 unspecified atom stereocenters. The van der Waals surface area contributed by atoms with E-state index < -0.39 is 23.1 Å². The van der Waals surface area contributed by atoms with E-state index in [0.717, 1.165) is 12.5 Å². The Labute approximate surface area is 178 Å². The van der Waals surface area contributed by atoms with Crippen molar-refractivity contribution in [2.45, 2.75) is 33.1 Å². The van der Waals surface area contributed by atoms with E-state index in [9.17, 15) is 23.2 Å². The minimum Gasteiger partial charge on any atom is -0.371 e. The Hall–Kier alpha value is -3.03. The maximum atomic E-state index is 13.5. The van der Waals surface area contributed by atoms with Crippen LogP contribution in [0.4, 0.5) is 14.5 Å². The zero-order valence-corrected chi connectivity index (χ0v) is 17.6. The SMILES string of the molecule is CC1(C)CC(=O)c2cc(C(=O)NCC3CCN(c4ccc(F)c(F)c4)C3)c(=O)[nH]c2C1. The molecule has 0 saturated carbocycles. The molecular formula is C23H25F2N3O3. The number of carbonyl (C=O) groups excluding carboxylic acids is 2. The number of rotatable bonds is 4. The van der Waals surface area contributed by atoms with Gasteiger partial charge in [-0.2, -0.15) is 0 Å². The second kappa shape index (κ2) is 7.90. The van der Waals surface area contributed by atoms with Crippen LogP contribution in [-0.2, 0) is 6.42 Å². The van der Waals surface area contributed by atoms with E-state index in [1.807, 2.05) is 18.7 Å². The van der Waals surface area contributed by atoms with Gasteiger partial charge in [-0.05, 0) is 42.4 Å². The number of nitrogens with zero attached hydrogens (tertiary/aromatic N) is 1. The first-order valence-corrected chi connectivity index (χ1v) is 10.4. The van der Waals surface area contributed by atoms with Crippen molar-refractivity contribution in [2.24, 2.45) is 11.3 Å². The number of amides is 1. The van der Waals surface area contributed by atoms with Gasteiger partial charge in [0.25, 0.3) is 11.5 Å². The summed E-state index contributed by atoms with van der Waals surface area (Å²) in [6.45, 7) is 5.53. The monoisotopic (exact) mass is 429 g/mol. The lowest BCUT2D eigenvalue weighted by atomic mass is 9.75. The van der Waals surface area contributed by atoms with Crippen LogP contribution in [0.25, 0.3) is 0 Å². The Kier molecular flexibility index (Phi) is 5.41. The van der Waals surface area contributed by atoms with Gasteiger partial charge in [0.05, 0.1) is 0 Å². The average Bonchev–Trinajstić information content (AvgIpc) is 3.16. The van der Waals surface area contributed by atoms with Gasteiger partial charge in [0.2, 0.25) is 0 Å². The van der Waals surface area contributed by atoms with Crippen LogP contribution in [-0.4, -0.2) is 36.3 Å². The molecule has 1 aliphatic carbocycles. The minimum atomic E-state index is -0.890. The lowest BCUT2D eigenvalue weighted by molar-refractivity contribution is 0.0910. The van der Waals surface area contributed by atoms with Gasteiger partial charge in [0, 0.05) is 49.1 Å². The Morgan fingerprint density at radius 3 is 2.71 bits per heavy atom. The summed E-state index contributed by atoms with van der Waals surface area (Å²) in [6, 6.07) is 5.21. The Bertz CT molecular complexity index is 1110.